The topological polar surface area (TPSA) is 21.3 Å². The van der Waals surface area contributed by atoms with E-state index >= 15 is 0 Å². The van der Waals surface area contributed by atoms with Gasteiger partial charge in [0.2, 0.25) is 0 Å². The Balaban J connectivity index is 2.01. The highest BCUT2D eigenvalue weighted by Gasteiger charge is 2.09. The van der Waals surface area contributed by atoms with Crippen LogP contribution in [0.15, 0.2) is 54.6 Å². The molecule has 21 heavy (non-hydrogen) atoms. The minimum absolute atomic E-state index is 0.248. The van der Waals surface area contributed by atoms with Gasteiger partial charge in [-0.05, 0) is 36.2 Å². The largest absolute Gasteiger partial charge is 0.489 e. The SMILES string of the molecule is CCCC(CNCC)Oc1ccc(-c2ccccc2)cc1. The van der Waals surface area contributed by atoms with Gasteiger partial charge in [-0.3, -0.25) is 0 Å². The predicted octanol–water partition coefficient (Wildman–Crippen LogP) is 4.51. The molecule has 0 aliphatic rings. The summed E-state index contributed by atoms with van der Waals surface area (Å²) in [4.78, 5) is 0. The quantitative estimate of drug-likeness (QED) is 0.769. The molecule has 0 saturated heterocycles. The molecule has 0 heterocycles. The molecule has 2 rings (SSSR count). The second-order valence-electron chi connectivity index (χ2n) is 5.23. The van der Waals surface area contributed by atoms with E-state index in [1.54, 1.807) is 0 Å². The molecule has 0 aliphatic heterocycles. The lowest BCUT2D eigenvalue weighted by atomic mass is 10.1. The van der Waals surface area contributed by atoms with E-state index in [1.807, 2.05) is 6.07 Å². The monoisotopic (exact) mass is 283 g/mol. The zero-order valence-corrected chi connectivity index (χ0v) is 13.0. The number of hydrogen-bond acceptors (Lipinski definition) is 2. The molecule has 0 aliphatic carbocycles. The van der Waals surface area contributed by atoms with Crippen LogP contribution >= 0.6 is 0 Å². The third kappa shape index (κ3) is 4.91. The Morgan fingerprint density at radius 2 is 1.57 bits per heavy atom. The maximum absolute atomic E-state index is 6.09. The highest BCUT2D eigenvalue weighted by molar-refractivity contribution is 5.63. The van der Waals surface area contributed by atoms with Crippen molar-refractivity contribution in [3.8, 4) is 16.9 Å². The molecule has 0 radical (unpaired) electrons. The van der Waals surface area contributed by atoms with Crippen LogP contribution < -0.4 is 10.1 Å². The van der Waals surface area contributed by atoms with Gasteiger partial charge in [0.1, 0.15) is 11.9 Å². The van der Waals surface area contributed by atoms with E-state index in [1.165, 1.54) is 11.1 Å². The van der Waals surface area contributed by atoms with Gasteiger partial charge in [-0.25, -0.2) is 0 Å². The minimum Gasteiger partial charge on any atom is -0.489 e. The van der Waals surface area contributed by atoms with E-state index in [9.17, 15) is 0 Å². The predicted molar refractivity (Wildman–Crippen MR) is 89.7 cm³/mol. The summed E-state index contributed by atoms with van der Waals surface area (Å²) < 4.78 is 6.09. The molecular weight excluding hydrogens is 258 g/mol. The smallest absolute Gasteiger partial charge is 0.119 e. The molecule has 0 aromatic heterocycles. The van der Waals surface area contributed by atoms with Crippen molar-refractivity contribution in [2.75, 3.05) is 13.1 Å². The fourth-order valence-corrected chi connectivity index (χ4v) is 2.38. The average molecular weight is 283 g/mol. The van der Waals surface area contributed by atoms with Gasteiger partial charge in [0, 0.05) is 6.54 Å². The summed E-state index contributed by atoms with van der Waals surface area (Å²) >= 11 is 0. The Kier molecular flexibility index (Phi) is 6.29. The Bertz CT molecular complexity index is 507. The minimum atomic E-state index is 0.248. The number of benzene rings is 2. The third-order valence-corrected chi connectivity index (χ3v) is 3.50. The Morgan fingerprint density at radius 3 is 2.19 bits per heavy atom. The van der Waals surface area contributed by atoms with Crippen LogP contribution in [0.25, 0.3) is 11.1 Å². The molecule has 1 atom stereocenters. The number of likely N-dealkylation sites (N-methyl/N-ethyl adjacent to an activating group) is 1. The van der Waals surface area contributed by atoms with Gasteiger partial charge >= 0.3 is 0 Å². The summed E-state index contributed by atoms with van der Waals surface area (Å²) in [6.45, 7) is 6.21. The first-order valence-corrected chi connectivity index (χ1v) is 7.86. The van der Waals surface area contributed by atoms with Gasteiger partial charge in [0.15, 0.2) is 0 Å². The normalized spacial score (nSPS) is 12.1. The van der Waals surface area contributed by atoms with Gasteiger partial charge in [0.05, 0.1) is 0 Å². The lowest BCUT2D eigenvalue weighted by molar-refractivity contribution is 0.187. The molecule has 0 fully saturated rings. The van der Waals surface area contributed by atoms with Crippen molar-refractivity contribution in [2.45, 2.75) is 32.8 Å². The first-order chi connectivity index (χ1) is 10.3. The lowest BCUT2D eigenvalue weighted by Gasteiger charge is -2.19. The molecular formula is C19H25NO. The van der Waals surface area contributed by atoms with E-state index in [2.05, 4.69) is 67.7 Å². The van der Waals surface area contributed by atoms with Crippen molar-refractivity contribution in [1.82, 2.24) is 5.32 Å². The zero-order chi connectivity index (χ0) is 14.9. The van der Waals surface area contributed by atoms with Gasteiger partial charge < -0.3 is 10.1 Å². The Hall–Kier alpha value is -1.80. The lowest BCUT2D eigenvalue weighted by Crippen LogP contribution is -2.31. The highest BCUT2D eigenvalue weighted by Crippen LogP contribution is 2.23. The highest BCUT2D eigenvalue weighted by atomic mass is 16.5. The second-order valence-corrected chi connectivity index (χ2v) is 5.23. The van der Waals surface area contributed by atoms with Crippen LogP contribution in [0, 0.1) is 0 Å². The van der Waals surface area contributed by atoms with Crippen molar-refractivity contribution >= 4 is 0 Å². The van der Waals surface area contributed by atoms with Gasteiger partial charge in [-0.1, -0.05) is 62.7 Å². The number of ether oxygens (including phenoxy) is 1. The molecule has 0 saturated carbocycles. The van der Waals surface area contributed by atoms with Gasteiger partial charge in [0.25, 0.3) is 0 Å². The zero-order valence-electron chi connectivity index (χ0n) is 13.0. The fraction of sp³-hybridized carbons (Fsp3) is 0.368. The molecule has 0 spiro atoms. The first-order valence-electron chi connectivity index (χ1n) is 7.86. The molecule has 2 aromatic carbocycles. The van der Waals surface area contributed by atoms with Gasteiger partial charge in [-0.15, -0.1) is 0 Å². The molecule has 112 valence electrons. The molecule has 1 N–H and O–H groups in total. The average Bonchev–Trinajstić information content (AvgIpc) is 2.54. The van der Waals surface area contributed by atoms with E-state index in [0.29, 0.717) is 0 Å². The first kappa shape index (κ1) is 15.6. The van der Waals surface area contributed by atoms with Crippen molar-refractivity contribution in [2.24, 2.45) is 0 Å². The van der Waals surface area contributed by atoms with Crippen LogP contribution in [0.5, 0.6) is 5.75 Å². The maximum Gasteiger partial charge on any atom is 0.119 e. The van der Waals surface area contributed by atoms with E-state index in [0.717, 1.165) is 31.7 Å². The van der Waals surface area contributed by atoms with Crippen LogP contribution in [0.1, 0.15) is 26.7 Å². The maximum atomic E-state index is 6.09. The summed E-state index contributed by atoms with van der Waals surface area (Å²) in [7, 11) is 0. The van der Waals surface area contributed by atoms with E-state index in [4.69, 9.17) is 4.74 Å². The van der Waals surface area contributed by atoms with E-state index < -0.39 is 0 Å². The summed E-state index contributed by atoms with van der Waals surface area (Å²) in [5, 5.41) is 3.37. The van der Waals surface area contributed by atoms with E-state index in [-0.39, 0.29) is 6.10 Å². The van der Waals surface area contributed by atoms with Crippen LogP contribution in [0.3, 0.4) is 0 Å². The van der Waals surface area contributed by atoms with Crippen LogP contribution in [0.2, 0.25) is 0 Å². The standard InChI is InChI=1S/C19H25NO/c1-3-8-19(15-20-4-2)21-18-13-11-17(12-14-18)16-9-6-5-7-10-16/h5-7,9-14,19-20H,3-4,8,15H2,1-2H3. The number of hydrogen-bond donors (Lipinski definition) is 1. The van der Waals surface area contributed by atoms with Crippen LogP contribution in [-0.2, 0) is 0 Å². The molecule has 2 heteroatoms. The molecule has 0 bridgehead atoms. The van der Waals surface area contributed by atoms with Crippen molar-refractivity contribution < 1.29 is 4.74 Å². The fourth-order valence-electron chi connectivity index (χ4n) is 2.38. The Labute approximate surface area is 128 Å². The van der Waals surface area contributed by atoms with Crippen LogP contribution in [-0.4, -0.2) is 19.2 Å². The molecule has 1 unspecified atom stereocenters. The summed E-state index contributed by atoms with van der Waals surface area (Å²) in [6.07, 6.45) is 2.46. The summed E-state index contributed by atoms with van der Waals surface area (Å²) in [5.74, 6) is 0.950. The summed E-state index contributed by atoms with van der Waals surface area (Å²) in [5.41, 5.74) is 2.46. The summed E-state index contributed by atoms with van der Waals surface area (Å²) in [6, 6.07) is 18.8. The van der Waals surface area contributed by atoms with Crippen molar-refractivity contribution in [1.29, 1.82) is 0 Å². The molecule has 2 aromatic rings. The number of rotatable bonds is 8. The van der Waals surface area contributed by atoms with Crippen molar-refractivity contribution in [3.05, 3.63) is 54.6 Å². The van der Waals surface area contributed by atoms with Crippen LogP contribution in [0.4, 0.5) is 0 Å². The third-order valence-electron chi connectivity index (χ3n) is 3.50. The number of nitrogens with one attached hydrogen (secondary N) is 1. The second kappa shape index (κ2) is 8.48. The van der Waals surface area contributed by atoms with Gasteiger partial charge in [-0.2, -0.15) is 0 Å². The molecule has 0 amide bonds. The molecule has 2 nitrogen and oxygen atoms in total. The van der Waals surface area contributed by atoms with Crippen molar-refractivity contribution in [3.63, 3.8) is 0 Å². The Morgan fingerprint density at radius 1 is 0.905 bits per heavy atom.